The van der Waals surface area contributed by atoms with Gasteiger partial charge in [-0.1, -0.05) is 83.8 Å². The summed E-state index contributed by atoms with van der Waals surface area (Å²) in [5.41, 5.74) is 3.36. The largest absolute Gasteiger partial charge is 0.492 e. The first-order valence-electron chi connectivity index (χ1n) is 10.9. The highest BCUT2D eigenvalue weighted by Crippen LogP contribution is 2.41. The molecule has 3 aromatic carbocycles. The van der Waals surface area contributed by atoms with Gasteiger partial charge in [-0.05, 0) is 30.7 Å². The summed E-state index contributed by atoms with van der Waals surface area (Å²) >= 11 is 2.82. The van der Waals surface area contributed by atoms with Crippen LogP contribution in [0.2, 0.25) is 0 Å². The molecule has 2 N–H and O–H groups in total. The number of ketones is 1. The number of aromatic amines is 1. The number of hydrogen-bond donors (Lipinski definition) is 2. The lowest BCUT2D eigenvalue weighted by Crippen LogP contribution is -2.09. The van der Waals surface area contributed by atoms with Gasteiger partial charge in [0, 0.05) is 22.7 Å². The van der Waals surface area contributed by atoms with Crippen LogP contribution in [0, 0.1) is 0 Å². The van der Waals surface area contributed by atoms with Crippen molar-refractivity contribution in [2.24, 2.45) is 0 Å². The quantitative estimate of drug-likeness (QED) is 0.175. The number of fused-ring (bicyclic) bond motifs is 1. The minimum Gasteiger partial charge on any atom is -0.492 e. The molecule has 0 radical (unpaired) electrons. The molecule has 0 aliphatic heterocycles. The maximum absolute atomic E-state index is 13.7. The van der Waals surface area contributed by atoms with E-state index in [9.17, 15) is 4.79 Å². The first-order valence-corrected chi connectivity index (χ1v) is 12.6. The van der Waals surface area contributed by atoms with E-state index in [0.29, 0.717) is 21.6 Å². The molecule has 0 aliphatic rings. The topological polar surface area (TPSA) is 79.9 Å². The third-order valence-electron chi connectivity index (χ3n) is 5.25. The molecule has 0 bridgehead atoms. The van der Waals surface area contributed by atoms with E-state index in [1.807, 2.05) is 85.8 Å². The number of rotatable bonds is 9. The van der Waals surface area contributed by atoms with Crippen LogP contribution >= 0.6 is 23.1 Å². The van der Waals surface area contributed by atoms with Gasteiger partial charge in [0.25, 0.3) is 0 Å². The van der Waals surface area contributed by atoms with Gasteiger partial charge < -0.3 is 15.0 Å². The highest BCUT2D eigenvalue weighted by molar-refractivity contribution is 8.02. The highest BCUT2D eigenvalue weighted by atomic mass is 32.2. The molecular formula is C26H22N4O2S2. The van der Waals surface area contributed by atoms with Gasteiger partial charge in [0.15, 0.2) is 10.1 Å². The summed E-state index contributed by atoms with van der Waals surface area (Å²) in [6, 6.07) is 25.3. The molecule has 2 heterocycles. The predicted octanol–water partition coefficient (Wildman–Crippen LogP) is 6.88. The van der Waals surface area contributed by atoms with Crippen LogP contribution in [0.15, 0.2) is 89.4 Å². The van der Waals surface area contributed by atoms with Crippen molar-refractivity contribution in [3.05, 3.63) is 96.2 Å². The Kier molecular flexibility index (Phi) is 6.60. The number of benzene rings is 3. The molecule has 5 aromatic rings. The number of hydrogen-bond acceptors (Lipinski definition) is 7. The summed E-state index contributed by atoms with van der Waals surface area (Å²) in [7, 11) is 0. The van der Waals surface area contributed by atoms with Gasteiger partial charge in [-0.25, -0.2) is 0 Å². The Labute approximate surface area is 205 Å². The molecule has 0 aliphatic carbocycles. The van der Waals surface area contributed by atoms with Crippen LogP contribution in [0.4, 0.5) is 10.8 Å². The standard InChI is InChI=1S/C26H22N4O2S2/c1-2-32-22-15-9-8-14-21(22)28-25-29-30-26(34-25)33-24(17-10-4-3-5-11-17)23(31)19-16-27-20-13-7-6-12-18(19)20/h3-16,24,27H,2H2,1H3,(H,28,29). The summed E-state index contributed by atoms with van der Waals surface area (Å²) in [6.07, 6.45) is 1.79. The average molecular weight is 487 g/mol. The minimum atomic E-state index is -0.447. The van der Waals surface area contributed by atoms with Gasteiger partial charge in [-0.2, -0.15) is 0 Å². The molecule has 0 fully saturated rings. The molecule has 1 unspecified atom stereocenters. The Morgan fingerprint density at radius 1 is 1.03 bits per heavy atom. The zero-order chi connectivity index (χ0) is 23.3. The first-order chi connectivity index (χ1) is 16.7. The molecule has 0 saturated heterocycles. The summed E-state index contributed by atoms with van der Waals surface area (Å²) in [5.74, 6) is 0.783. The lowest BCUT2D eigenvalue weighted by Gasteiger charge is -2.14. The van der Waals surface area contributed by atoms with Crippen molar-refractivity contribution < 1.29 is 9.53 Å². The van der Waals surface area contributed by atoms with E-state index in [4.69, 9.17) is 4.74 Å². The molecule has 6 nitrogen and oxygen atoms in total. The van der Waals surface area contributed by atoms with Gasteiger partial charge in [0.05, 0.1) is 12.3 Å². The summed E-state index contributed by atoms with van der Waals surface area (Å²) < 4.78 is 6.39. The zero-order valence-corrected chi connectivity index (χ0v) is 20.0. The number of nitrogens with one attached hydrogen (secondary N) is 2. The van der Waals surface area contributed by atoms with E-state index in [1.54, 1.807) is 6.20 Å². The van der Waals surface area contributed by atoms with Gasteiger partial charge in [-0.15, -0.1) is 10.2 Å². The zero-order valence-electron chi connectivity index (χ0n) is 18.4. The van der Waals surface area contributed by atoms with E-state index < -0.39 is 5.25 Å². The van der Waals surface area contributed by atoms with Crippen molar-refractivity contribution in [1.82, 2.24) is 15.2 Å². The van der Waals surface area contributed by atoms with Gasteiger partial charge in [-0.3, -0.25) is 4.79 Å². The summed E-state index contributed by atoms with van der Waals surface area (Å²) in [5, 5.41) is 13.0. The molecule has 170 valence electrons. The van der Waals surface area contributed by atoms with E-state index in [2.05, 4.69) is 20.5 Å². The number of carbonyl (C=O) groups is 1. The third kappa shape index (κ3) is 4.69. The molecule has 1 atom stereocenters. The minimum absolute atomic E-state index is 0.0278. The van der Waals surface area contributed by atoms with Crippen LogP contribution in [-0.2, 0) is 0 Å². The van der Waals surface area contributed by atoms with Crippen LogP contribution in [0.5, 0.6) is 5.75 Å². The SMILES string of the molecule is CCOc1ccccc1Nc1nnc(SC(C(=O)c2c[nH]c3ccccc23)c2ccccc2)s1. The molecular weight excluding hydrogens is 464 g/mol. The number of carbonyl (C=O) groups excluding carboxylic acids is 1. The Balaban J connectivity index is 1.42. The van der Waals surface area contributed by atoms with Crippen molar-refractivity contribution in [2.75, 3.05) is 11.9 Å². The lowest BCUT2D eigenvalue weighted by molar-refractivity contribution is 0.0991. The molecule has 2 aromatic heterocycles. The predicted molar refractivity (Wildman–Crippen MR) is 138 cm³/mol. The Morgan fingerprint density at radius 2 is 1.79 bits per heavy atom. The second-order valence-electron chi connectivity index (χ2n) is 7.45. The number of thioether (sulfide) groups is 1. The van der Waals surface area contributed by atoms with Crippen molar-refractivity contribution in [3.8, 4) is 5.75 Å². The van der Waals surface area contributed by atoms with E-state index in [-0.39, 0.29) is 5.78 Å². The van der Waals surface area contributed by atoms with Gasteiger partial charge in [0.2, 0.25) is 5.13 Å². The molecule has 0 spiro atoms. The number of ether oxygens (including phenoxy) is 1. The number of H-pyrrole nitrogens is 1. The van der Waals surface area contributed by atoms with Crippen molar-refractivity contribution in [3.63, 3.8) is 0 Å². The van der Waals surface area contributed by atoms with Crippen LogP contribution in [0.25, 0.3) is 10.9 Å². The maximum atomic E-state index is 13.7. The smallest absolute Gasteiger partial charge is 0.210 e. The van der Waals surface area contributed by atoms with Crippen molar-refractivity contribution in [2.45, 2.75) is 16.5 Å². The fourth-order valence-corrected chi connectivity index (χ4v) is 5.72. The molecule has 8 heteroatoms. The lowest BCUT2D eigenvalue weighted by atomic mass is 10.0. The van der Waals surface area contributed by atoms with Crippen LogP contribution in [0.1, 0.15) is 28.1 Å². The number of nitrogens with zero attached hydrogens (tertiary/aromatic N) is 2. The summed E-state index contributed by atoms with van der Waals surface area (Å²) in [4.78, 5) is 16.9. The number of para-hydroxylation sites is 3. The number of Topliss-reactive ketones (excluding diaryl/α,β-unsaturated/α-hetero) is 1. The van der Waals surface area contributed by atoms with Crippen molar-refractivity contribution in [1.29, 1.82) is 0 Å². The molecule has 0 saturated carbocycles. The number of aromatic nitrogens is 3. The first kappa shape index (κ1) is 22.2. The average Bonchev–Trinajstić information content (AvgIpc) is 3.51. The van der Waals surface area contributed by atoms with E-state index in [1.165, 1.54) is 23.1 Å². The fraction of sp³-hybridized carbons (Fsp3) is 0.115. The Bertz CT molecular complexity index is 1410. The van der Waals surface area contributed by atoms with Crippen molar-refractivity contribution >= 4 is 50.6 Å². The Hall–Kier alpha value is -3.62. The second-order valence-corrected chi connectivity index (χ2v) is 9.78. The van der Waals surface area contributed by atoms with Crippen LogP contribution < -0.4 is 10.1 Å². The molecule has 0 amide bonds. The highest BCUT2D eigenvalue weighted by Gasteiger charge is 2.27. The number of anilines is 2. The summed E-state index contributed by atoms with van der Waals surface area (Å²) in [6.45, 7) is 2.52. The maximum Gasteiger partial charge on any atom is 0.210 e. The molecule has 5 rings (SSSR count). The normalized spacial score (nSPS) is 11.9. The van der Waals surface area contributed by atoms with E-state index >= 15 is 0 Å². The van der Waals surface area contributed by atoms with Gasteiger partial charge in [0.1, 0.15) is 11.0 Å². The fourth-order valence-electron chi connectivity index (χ4n) is 3.69. The monoisotopic (exact) mass is 486 g/mol. The van der Waals surface area contributed by atoms with Gasteiger partial charge >= 0.3 is 0 Å². The Morgan fingerprint density at radius 3 is 2.65 bits per heavy atom. The molecule has 34 heavy (non-hydrogen) atoms. The van der Waals surface area contributed by atoms with E-state index in [0.717, 1.165) is 27.9 Å². The third-order valence-corrected chi connectivity index (χ3v) is 7.43. The van der Waals surface area contributed by atoms with Crippen LogP contribution in [-0.4, -0.2) is 27.6 Å². The second kappa shape index (κ2) is 10.1. The van der Waals surface area contributed by atoms with Crippen LogP contribution in [0.3, 0.4) is 0 Å².